The Labute approximate surface area is 110 Å². The molecule has 112 valence electrons. The molecule has 0 unspecified atom stereocenters. The van der Waals surface area contributed by atoms with Crippen molar-refractivity contribution in [3.05, 3.63) is 23.3 Å². The van der Waals surface area contributed by atoms with Crippen molar-refractivity contribution in [2.45, 2.75) is 4.90 Å². The van der Waals surface area contributed by atoms with Crippen molar-refractivity contribution in [1.82, 2.24) is 0 Å². The highest BCUT2D eigenvalue weighted by Gasteiger charge is 2.29. The Morgan fingerprint density at radius 2 is 1.60 bits per heavy atom. The molecule has 1 N–H and O–H groups in total. The van der Waals surface area contributed by atoms with Gasteiger partial charge < -0.3 is 14.6 Å². The summed E-state index contributed by atoms with van der Waals surface area (Å²) in [6.45, 7) is -0.677. The first-order valence-corrected chi connectivity index (χ1v) is 6.12. The summed E-state index contributed by atoms with van der Waals surface area (Å²) in [4.78, 5) is 8.73. The minimum absolute atomic E-state index is 0.677. The van der Waals surface area contributed by atoms with E-state index in [1.165, 1.54) is 5.32 Å². The highest BCUT2D eigenvalue weighted by atomic mass is 32.2. The number of carbonyl (C=O) groups excluding carboxylic acids is 1. The third-order valence-corrected chi connectivity index (χ3v) is 2.87. The topological polar surface area (TPSA) is 95.5 Å². The lowest BCUT2D eigenvalue weighted by Gasteiger charge is -2.14. The average molecular weight is 316 g/mol. The normalized spacial score (nSPS) is 11.5. The molecule has 0 saturated heterocycles. The summed E-state index contributed by atoms with van der Waals surface area (Å²) in [5.74, 6) is -10.4. The predicted molar refractivity (Wildman–Crippen MR) is 54.7 cm³/mol. The summed E-state index contributed by atoms with van der Waals surface area (Å²) >= 11 is 0. The van der Waals surface area contributed by atoms with Crippen molar-refractivity contribution in [2.24, 2.45) is 0 Å². The summed E-state index contributed by atoms with van der Waals surface area (Å²) in [7, 11) is -4.71. The van der Waals surface area contributed by atoms with Crippen LogP contribution < -0.4 is 5.32 Å². The number of amides is 1. The molecule has 0 radical (unpaired) electrons. The maximum atomic E-state index is 13.4. The summed E-state index contributed by atoms with van der Waals surface area (Å²) in [6, 6.07) is 0. The Bertz CT molecular complexity index is 632. The van der Waals surface area contributed by atoms with Crippen LogP contribution in [0.25, 0.3) is 0 Å². The third-order valence-electron chi connectivity index (χ3n) is 2.01. The number of hydrogen-bond acceptors (Lipinski definition) is 5. The van der Waals surface area contributed by atoms with Crippen molar-refractivity contribution >= 4 is 21.7 Å². The number of benzene rings is 1. The Morgan fingerprint density at radius 3 is 1.95 bits per heavy atom. The van der Waals surface area contributed by atoms with E-state index >= 15 is 0 Å². The second-order valence-corrected chi connectivity index (χ2v) is 4.71. The largest absolute Gasteiger partial charge is 0.744 e. The van der Waals surface area contributed by atoms with Gasteiger partial charge in [0.15, 0.2) is 23.3 Å². The van der Waals surface area contributed by atoms with Crippen LogP contribution in [0.15, 0.2) is 4.90 Å². The van der Waals surface area contributed by atoms with Crippen molar-refractivity contribution in [3.8, 4) is 0 Å². The van der Waals surface area contributed by atoms with Gasteiger partial charge in [-0.1, -0.05) is 0 Å². The maximum Gasteiger partial charge on any atom is 0.250 e. The molecule has 0 spiro atoms. The van der Waals surface area contributed by atoms with Crippen LogP contribution in [-0.2, 0) is 19.6 Å². The number of methoxy groups -OCH3 is 1. The number of rotatable bonds is 4. The molecule has 0 heterocycles. The lowest BCUT2D eigenvalue weighted by molar-refractivity contribution is -0.119. The van der Waals surface area contributed by atoms with Crippen molar-refractivity contribution in [3.63, 3.8) is 0 Å². The third kappa shape index (κ3) is 3.05. The van der Waals surface area contributed by atoms with Gasteiger partial charge in [-0.05, 0) is 0 Å². The molecular weight excluding hydrogens is 310 g/mol. The number of carbonyl (C=O) groups is 1. The summed E-state index contributed by atoms with van der Waals surface area (Å²) in [6.07, 6.45) is 0. The molecule has 11 heteroatoms. The molecule has 20 heavy (non-hydrogen) atoms. The minimum Gasteiger partial charge on any atom is -0.744 e. The van der Waals surface area contributed by atoms with E-state index in [4.69, 9.17) is 0 Å². The summed E-state index contributed by atoms with van der Waals surface area (Å²) in [5.41, 5.74) is -1.56. The molecule has 1 aromatic rings. The fourth-order valence-corrected chi connectivity index (χ4v) is 1.87. The van der Waals surface area contributed by atoms with E-state index in [9.17, 15) is 35.3 Å². The standard InChI is InChI=1S/C9H7F4NO5S/c1-19-2-3(15)14-8-4(10)6(12)9(20(16,17)18)7(13)5(8)11/h2H2,1H3,(H,14,15)(H,16,17,18)/p-1. The van der Waals surface area contributed by atoms with E-state index in [0.717, 1.165) is 7.11 Å². The SMILES string of the molecule is COCC(=O)Nc1c(F)c(F)c(S(=O)(=O)[O-])c(F)c1F. The molecule has 1 aromatic carbocycles. The first-order valence-electron chi connectivity index (χ1n) is 4.71. The van der Waals surface area contributed by atoms with E-state index in [0.29, 0.717) is 0 Å². The summed E-state index contributed by atoms with van der Waals surface area (Å²) < 4.78 is 89.3. The van der Waals surface area contributed by atoms with Crippen LogP contribution in [0.2, 0.25) is 0 Å². The molecular formula is C9H6F4NO5S-. The van der Waals surface area contributed by atoms with Gasteiger partial charge in [-0.15, -0.1) is 0 Å². The van der Waals surface area contributed by atoms with E-state index in [1.807, 2.05) is 0 Å². The minimum atomic E-state index is -5.78. The van der Waals surface area contributed by atoms with Crippen LogP contribution in [0.1, 0.15) is 0 Å². The summed E-state index contributed by atoms with van der Waals surface area (Å²) in [5, 5.41) is 1.45. The van der Waals surface area contributed by atoms with Crippen LogP contribution in [0, 0.1) is 23.3 Å². The Kier molecular flexibility index (Phi) is 4.68. The van der Waals surface area contributed by atoms with E-state index in [2.05, 4.69) is 4.74 Å². The molecule has 0 bridgehead atoms. The molecule has 1 amide bonds. The molecule has 0 atom stereocenters. The quantitative estimate of drug-likeness (QED) is 0.502. The van der Waals surface area contributed by atoms with Crippen LogP contribution in [0.5, 0.6) is 0 Å². The first-order chi connectivity index (χ1) is 9.11. The monoisotopic (exact) mass is 316 g/mol. The van der Waals surface area contributed by atoms with Gasteiger partial charge in [0.05, 0.1) is 0 Å². The fraction of sp³-hybridized carbons (Fsp3) is 0.222. The molecule has 0 aliphatic heterocycles. The highest BCUT2D eigenvalue weighted by Crippen LogP contribution is 2.30. The highest BCUT2D eigenvalue weighted by molar-refractivity contribution is 7.85. The Morgan fingerprint density at radius 1 is 1.15 bits per heavy atom. The zero-order valence-electron chi connectivity index (χ0n) is 9.67. The predicted octanol–water partition coefficient (Wildman–Crippen LogP) is 0.732. The zero-order chi connectivity index (χ0) is 15.7. The van der Waals surface area contributed by atoms with Crippen molar-refractivity contribution < 1.29 is 40.1 Å². The number of halogens is 4. The number of nitrogens with one attached hydrogen (secondary N) is 1. The van der Waals surface area contributed by atoms with Crippen molar-refractivity contribution in [2.75, 3.05) is 19.0 Å². The Hall–Kier alpha value is -1.72. The lowest BCUT2D eigenvalue weighted by Crippen LogP contribution is -2.21. The van der Waals surface area contributed by atoms with Gasteiger partial charge >= 0.3 is 0 Å². The molecule has 0 aliphatic carbocycles. The smallest absolute Gasteiger partial charge is 0.250 e. The van der Waals surface area contributed by atoms with Gasteiger partial charge in [0.25, 0.3) is 5.91 Å². The van der Waals surface area contributed by atoms with Gasteiger partial charge in [-0.25, -0.2) is 26.0 Å². The number of hydrogen-bond donors (Lipinski definition) is 1. The van der Waals surface area contributed by atoms with Gasteiger partial charge in [0.2, 0.25) is 0 Å². The average Bonchev–Trinajstić information content (AvgIpc) is 2.31. The number of ether oxygens (including phenoxy) is 1. The van der Waals surface area contributed by atoms with Gasteiger partial charge in [-0.3, -0.25) is 4.79 Å². The van der Waals surface area contributed by atoms with Crippen LogP contribution >= 0.6 is 0 Å². The molecule has 6 nitrogen and oxygen atoms in total. The van der Waals surface area contributed by atoms with Crippen LogP contribution in [0.3, 0.4) is 0 Å². The van der Waals surface area contributed by atoms with Gasteiger partial charge in [0.1, 0.15) is 27.3 Å². The van der Waals surface area contributed by atoms with E-state index < -0.39 is 56.5 Å². The second kappa shape index (κ2) is 5.73. The molecule has 0 fully saturated rings. The zero-order valence-corrected chi connectivity index (χ0v) is 10.5. The van der Waals surface area contributed by atoms with Gasteiger partial charge in [-0.2, -0.15) is 0 Å². The molecule has 0 saturated carbocycles. The van der Waals surface area contributed by atoms with E-state index in [-0.39, 0.29) is 0 Å². The van der Waals surface area contributed by atoms with E-state index in [1.54, 1.807) is 0 Å². The molecule has 0 aromatic heterocycles. The lowest BCUT2D eigenvalue weighted by atomic mass is 10.2. The fourth-order valence-electron chi connectivity index (χ4n) is 1.25. The molecule has 0 aliphatic rings. The van der Waals surface area contributed by atoms with Crippen LogP contribution in [-0.4, -0.2) is 32.6 Å². The number of anilines is 1. The van der Waals surface area contributed by atoms with Gasteiger partial charge in [0, 0.05) is 7.11 Å². The van der Waals surface area contributed by atoms with Crippen molar-refractivity contribution in [1.29, 1.82) is 0 Å². The Balaban J connectivity index is 3.49. The molecule has 1 rings (SSSR count). The first kappa shape index (κ1) is 16.3. The maximum absolute atomic E-state index is 13.4. The second-order valence-electron chi connectivity index (χ2n) is 3.40. The van der Waals surface area contributed by atoms with Crippen LogP contribution in [0.4, 0.5) is 23.2 Å².